The van der Waals surface area contributed by atoms with Crippen LogP contribution in [0.3, 0.4) is 0 Å². The van der Waals surface area contributed by atoms with E-state index in [2.05, 4.69) is 6.58 Å². The third kappa shape index (κ3) is 2.15. The van der Waals surface area contributed by atoms with E-state index in [0.717, 1.165) is 11.8 Å². The van der Waals surface area contributed by atoms with Crippen LogP contribution in [0.1, 0.15) is 57.8 Å². The lowest BCUT2D eigenvalue weighted by molar-refractivity contribution is 0.244. The average Bonchev–Trinajstić information content (AvgIpc) is 2.20. The molecule has 0 saturated heterocycles. The van der Waals surface area contributed by atoms with E-state index in [1.165, 1.54) is 57.8 Å². The van der Waals surface area contributed by atoms with Gasteiger partial charge in [0.25, 0.3) is 0 Å². The molecule has 0 spiro atoms. The second-order valence-corrected chi connectivity index (χ2v) is 4.91. The molecule has 2 rings (SSSR count). The van der Waals surface area contributed by atoms with Gasteiger partial charge in [-0.3, -0.25) is 0 Å². The van der Waals surface area contributed by atoms with Crippen molar-refractivity contribution in [2.45, 2.75) is 57.8 Å². The number of hydrogen-bond donors (Lipinski definition) is 0. The van der Waals surface area contributed by atoms with Gasteiger partial charge in [-0.15, -0.1) is 0 Å². The molecule has 0 N–H and O–H groups in total. The first-order valence-corrected chi connectivity index (χ1v) is 6.05. The van der Waals surface area contributed by atoms with Crippen molar-refractivity contribution in [3.05, 3.63) is 12.2 Å². The van der Waals surface area contributed by atoms with Gasteiger partial charge in [-0.05, 0) is 43.9 Å². The van der Waals surface area contributed by atoms with E-state index in [9.17, 15) is 0 Å². The molecule has 0 aromatic carbocycles. The summed E-state index contributed by atoms with van der Waals surface area (Å²) in [6.45, 7) is 4.27. The topological polar surface area (TPSA) is 0 Å². The average molecular weight is 178 g/mol. The molecule has 0 bridgehead atoms. The molecule has 1 unspecified atom stereocenters. The van der Waals surface area contributed by atoms with Crippen LogP contribution in [0.15, 0.2) is 12.2 Å². The smallest absolute Gasteiger partial charge is 0.0178 e. The Labute approximate surface area is 82.4 Å². The van der Waals surface area contributed by atoms with E-state index < -0.39 is 0 Å². The van der Waals surface area contributed by atoms with Crippen molar-refractivity contribution in [3.63, 3.8) is 0 Å². The van der Waals surface area contributed by atoms with Crippen LogP contribution in [0, 0.1) is 11.8 Å². The summed E-state index contributed by atoms with van der Waals surface area (Å²) in [5.74, 6) is 1.93. The summed E-state index contributed by atoms with van der Waals surface area (Å²) in [4.78, 5) is 0. The maximum absolute atomic E-state index is 4.27. The second kappa shape index (κ2) is 4.30. The van der Waals surface area contributed by atoms with Crippen LogP contribution in [-0.2, 0) is 0 Å². The van der Waals surface area contributed by atoms with Gasteiger partial charge < -0.3 is 0 Å². The summed E-state index contributed by atoms with van der Waals surface area (Å²) in [6, 6.07) is 0. The highest BCUT2D eigenvalue weighted by Crippen LogP contribution is 2.40. The van der Waals surface area contributed by atoms with Crippen molar-refractivity contribution in [3.8, 4) is 0 Å². The molecule has 0 heterocycles. The first-order valence-electron chi connectivity index (χ1n) is 6.05. The van der Waals surface area contributed by atoms with E-state index in [4.69, 9.17) is 0 Å². The van der Waals surface area contributed by atoms with Crippen molar-refractivity contribution in [2.75, 3.05) is 0 Å². The van der Waals surface area contributed by atoms with Gasteiger partial charge >= 0.3 is 0 Å². The van der Waals surface area contributed by atoms with Crippen molar-refractivity contribution in [1.29, 1.82) is 0 Å². The number of hydrogen-bond acceptors (Lipinski definition) is 0. The summed E-state index contributed by atoms with van der Waals surface area (Å²) in [5, 5.41) is 0. The van der Waals surface area contributed by atoms with Crippen molar-refractivity contribution < 1.29 is 0 Å². The van der Waals surface area contributed by atoms with Crippen molar-refractivity contribution in [1.82, 2.24) is 0 Å². The maximum Gasteiger partial charge on any atom is -0.0178 e. The standard InChI is InChI=1S/C13H22/c1-11-7-5-6-10-13(11)12-8-3-2-4-9-12/h12-13H,1-10H2. The molecule has 0 aromatic heterocycles. The normalized spacial score (nSPS) is 32.0. The third-order valence-electron chi connectivity index (χ3n) is 4.01. The predicted molar refractivity (Wildman–Crippen MR) is 57.7 cm³/mol. The van der Waals surface area contributed by atoms with Gasteiger partial charge in [0, 0.05) is 0 Å². The molecule has 74 valence electrons. The molecule has 0 aliphatic heterocycles. The number of rotatable bonds is 1. The molecular formula is C13H22. The molecule has 1 atom stereocenters. The molecule has 2 saturated carbocycles. The molecule has 0 amide bonds. The van der Waals surface area contributed by atoms with Crippen LogP contribution in [0.5, 0.6) is 0 Å². The minimum atomic E-state index is 0.911. The van der Waals surface area contributed by atoms with E-state index in [0.29, 0.717) is 0 Å². The third-order valence-corrected chi connectivity index (χ3v) is 4.01. The fourth-order valence-corrected chi connectivity index (χ4v) is 3.21. The summed E-state index contributed by atoms with van der Waals surface area (Å²) >= 11 is 0. The fraction of sp³-hybridized carbons (Fsp3) is 0.846. The molecule has 2 aliphatic carbocycles. The molecular weight excluding hydrogens is 156 g/mol. The molecule has 0 nitrogen and oxygen atoms in total. The molecule has 13 heavy (non-hydrogen) atoms. The maximum atomic E-state index is 4.27. The van der Waals surface area contributed by atoms with Gasteiger partial charge in [0.1, 0.15) is 0 Å². The lowest BCUT2D eigenvalue weighted by Gasteiger charge is -2.34. The zero-order chi connectivity index (χ0) is 9.10. The van der Waals surface area contributed by atoms with Crippen LogP contribution < -0.4 is 0 Å². The monoisotopic (exact) mass is 178 g/mol. The Morgan fingerprint density at radius 3 is 2.23 bits per heavy atom. The van der Waals surface area contributed by atoms with Gasteiger partial charge in [0.2, 0.25) is 0 Å². The van der Waals surface area contributed by atoms with Gasteiger partial charge in [0.05, 0.1) is 0 Å². The largest absolute Gasteiger partial charge is 0.0996 e. The van der Waals surface area contributed by atoms with Crippen LogP contribution >= 0.6 is 0 Å². The SMILES string of the molecule is C=C1CCCCC1C1CCCCC1. The highest BCUT2D eigenvalue weighted by atomic mass is 14.3. The Kier molecular flexibility index (Phi) is 3.08. The summed E-state index contributed by atoms with van der Waals surface area (Å²) in [7, 11) is 0. The Morgan fingerprint density at radius 1 is 0.846 bits per heavy atom. The van der Waals surface area contributed by atoms with Crippen LogP contribution in [0.4, 0.5) is 0 Å². The molecule has 0 heteroatoms. The van der Waals surface area contributed by atoms with Crippen LogP contribution in [-0.4, -0.2) is 0 Å². The van der Waals surface area contributed by atoms with Gasteiger partial charge in [0.15, 0.2) is 0 Å². The van der Waals surface area contributed by atoms with E-state index >= 15 is 0 Å². The van der Waals surface area contributed by atoms with Gasteiger partial charge in [-0.1, -0.05) is 37.8 Å². The highest BCUT2D eigenvalue weighted by molar-refractivity contribution is 5.05. The molecule has 2 aliphatic rings. The minimum Gasteiger partial charge on any atom is -0.0996 e. The zero-order valence-corrected chi connectivity index (χ0v) is 8.73. The van der Waals surface area contributed by atoms with Gasteiger partial charge in [-0.25, -0.2) is 0 Å². The first kappa shape index (κ1) is 9.30. The predicted octanol–water partition coefficient (Wildman–Crippen LogP) is 4.31. The molecule has 2 fully saturated rings. The number of allylic oxidation sites excluding steroid dienone is 1. The van der Waals surface area contributed by atoms with E-state index in [1.807, 2.05) is 0 Å². The zero-order valence-electron chi connectivity index (χ0n) is 8.73. The summed E-state index contributed by atoms with van der Waals surface area (Å²) in [6.07, 6.45) is 13.1. The fourth-order valence-electron chi connectivity index (χ4n) is 3.21. The van der Waals surface area contributed by atoms with Crippen molar-refractivity contribution in [2.24, 2.45) is 11.8 Å². The Morgan fingerprint density at radius 2 is 1.54 bits per heavy atom. The Bertz CT molecular complexity index is 174. The quantitative estimate of drug-likeness (QED) is 0.525. The first-order chi connectivity index (χ1) is 6.38. The van der Waals surface area contributed by atoms with Gasteiger partial charge in [-0.2, -0.15) is 0 Å². The Balaban J connectivity index is 1.92. The van der Waals surface area contributed by atoms with Crippen LogP contribution in [0.2, 0.25) is 0 Å². The highest BCUT2D eigenvalue weighted by Gasteiger charge is 2.27. The summed E-state index contributed by atoms with van der Waals surface area (Å²) < 4.78 is 0. The Hall–Kier alpha value is -0.260. The lowest BCUT2D eigenvalue weighted by Crippen LogP contribution is -2.22. The lowest BCUT2D eigenvalue weighted by atomic mass is 9.71. The van der Waals surface area contributed by atoms with E-state index in [-0.39, 0.29) is 0 Å². The minimum absolute atomic E-state index is 0.911. The summed E-state index contributed by atoms with van der Waals surface area (Å²) in [5.41, 5.74) is 1.58. The molecule has 0 radical (unpaired) electrons. The van der Waals surface area contributed by atoms with Crippen molar-refractivity contribution >= 4 is 0 Å². The van der Waals surface area contributed by atoms with Crippen LogP contribution in [0.25, 0.3) is 0 Å². The van der Waals surface area contributed by atoms with E-state index in [1.54, 1.807) is 5.57 Å². The second-order valence-electron chi connectivity index (χ2n) is 4.91. The molecule has 0 aromatic rings.